The van der Waals surface area contributed by atoms with Crippen LogP contribution in [0, 0.1) is 11.8 Å². The number of hydrogen-bond acceptors (Lipinski definition) is 8. The Morgan fingerprint density at radius 2 is 1.98 bits per heavy atom. The summed E-state index contributed by atoms with van der Waals surface area (Å²) in [6.07, 6.45) is 10.4. The van der Waals surface area contributed by atoms with E-state index in [1.807, 2.05) is 34.9 Å². The van der Waals surface area contributed by atoms with Gasteiger partial charge in [-0.15, -0.1) is 0 Å². The number of amides is 1. The zero-order valence-corrected chi connectivity index (χ0v) is 28.8. The number of anilines is 1. The SMILES string of the molecule is C=C1C[C@@](O)(C(=O)NS(C)(=O)=O)c2ccc3c(c2)N(C[C@@H]2CC[C@H]2[C@@H](O)/C=C/CCCN1C)C[C@@]1(CCCc2cc(Cl)ccc21)CO3. The highest BCUT2D eigenvalue weighted by molar-refractivity contribution is 7.89. The number of aryl methyl sites for hydroxylation is 1. The van der Waals surface area contributed by atoms with Crippen molar-refractivity contribution in [3.05, 3.63) is 82.5 Å². The molecule has 2 bridgehead atoms. The molecule has 254 valence electrons. The number of carbonyl (C=O) groups is 1. The molecule has 6 rings (SSSR count). The molecule has 1 spiro atoms. The second kappa shape index (κ2) is 13.1. The number of sulfonamides is 1. The normalized spacial score (nSPS) is 30.6. The van der Waals surface area contributed by atoms with Crippen molar-refractivity contribution in [2.24, 2.45) is 11.8 Å². The van der Waals surface area contributed by atoms with E-state index < -0.39 is 27.6 Å². The Morgan fingerprint density at radius 3 is 2.72 bits per heavy atom. The van der Waals surface area contributed by atoms with E-state index in [2.05, 4.69) is 23.6 Å². The van der Waals surface area contributed by atoms with Crippen molar-refractivity contribution in [3.63, 3.8) is 0 Å². The second-order valence-corrected chi connectivity index (χ2v) is 16.3. The number of allylic oxidation sites excluding steroid dienone is 1. The van der Waals surface area contributed by atoms with Gasteiger partial charge < -0.3 is 24.7 Å². The van der Waals surface area contributed by atoms with E-state index in [1.54, 1.807) is 18.2 Å². The fourth-order valence-electron chi connectivity index (χ4n) is 7.90. The Kier molecular flexibility index (Phi) is 9.43. The minimum atomic E-state index is -3.97. The van der Waals surface area contributed by atoms with Gasteiger partial charge in [-0.05, 0) is 97.7 Å². The Balaban J connectivity index is 1.47. The van der Waals surface area contributed by atoms with Crippen molar-refractivity contribution in [3.8, 4) is 5.75 Å². The first-order valence-electron chi connectivity index (χ1n) is 16.6. The van der Waals surface area contributed by atoms with E-state index in [9.17, 15) is 23.4 Å². The molecule has 2 aliphatic carbocycles. The monoisotopic (exact) mass is 683 g/mol. The number of rotatable bonds is 2. The van der Waals surface area contributed by atoms with Crippen LogP contribution < -0.4 is 14.4 Å². The van der Waals surface area contributed by atoms with Crippen molar-refractivity contribution in [2.75, 3.05) is 44.4 Å². The molecule has 1 fully saturated rings. The van der Waals surface area contributed by atoms with E-state index in [0.717, 1.165) is 56.9 Å². The summed E-state index contributed by atoms with van der Waals surface area (Å²) in [6.45, 7) is 6.51. The summed E-state index contributed by atoms with van der Waals surface area (Å²) < 4.78 is 33.1. The fourth-order valence-corrected chi connectivity index (χ4v) is 8.61. The van der Waals surface area contributed by atoms with Crippen LogP contribution in [0.15, 0.2) is 60.8 Å². The molecule has 1 amide bonds. The second-order valence-electron chi connectivity index (χ2n) is 14.1. The molecular formula is C36H46ClN3O6S. The quantitative estimate of drug-likeness (QED) is 0.392. The van der Waals surface area contributed by atoms with Crippen LogP contribution >= 0.6 is 11.6 Å². The van der Waals surface area contributed by atoms with Crippen LogP contribution in [0.1, 0.15) is 61.6 Å². The largest absolute Gasteiger partial charge is 0.490 e. The fraction of sp³-hybridized carbons (Fsp3) is 0.528. The van der Waals surface area contributed by atoms with Gasteiger partial charge in [0.15, 0.2) is 5.60 Å². The first kappa shape index (κ1) is 33.8. The Labute approximate surface area is 283 Å². The summed E-state index contributed by atoms with van der Waals surface area (Å²) in [4.78, 5) is 17.8. The van der Waals surface area contributed by atoms with Gasteiger partial charge in [0.1, 0.15) is 5.75 Å². The average Bonchev–Trinajstić information content (AvgIpc) is 3.14. The van der Waals surface area contributed by atoms with Gasteiger partial charge in [-0.2, -0.15) is 0 Å². The van der Waals surface area contributed by atoms with Crippen LogP contribution in [0.25, 0.3) is 0 Å². The maximum absolute atomic E-state index is 13.7. The van der Waals surface area contributed by atoms with Crippen molar-refractivity contribution >= 4 is 33.2 Å². The average molecular weight is 684 g/mol. The molecule has 11 heteroatoms. The molecule has 1 saturated carbocycles. The lowest BCUT2D eigenvalue weighted by Gasteiger charge is -2.45. The lowest BCUT2D eigenvalue weighted by atomic mass is 9.68. The number of aliphatic hydroxyl groups is 2. The molecule has 9 nitrogen and oxygen atoms in total. The van der Waals surface area contributed by atoms with Crippen molar-refractivity contribution in [1.82, 2.24) is 9.62 Å². The molecule has 2 heterocycles. The maximum atomic E-state index is 13.7. The van der Waals surface area contributed by atoms with Gasteiger partial charge in [-0.25, -0.2) is 8.42 Å². The van der Waals surface area contributed by atoms with E-state index in [1.165, 1.54) is 11.1 Å². The van der Waals surface area contributed by atoms with Crippen LogP contribution in [0.2, 0.25) is 5.02 Å². The summed E-state index contributed by atoms with van der Waals surface area (Å²) in [5.41, 5.74) is 1.36. The third-order valence-electron chi connectivity index (χ3n) is 10.7. The highest BCUT2D eigenvalue weighted by Crippen LogP contribution is 2.47. The topological polar surface area (TPSA) is 119 Å². The van der Waals surface area contributed by atoms with Gasteiger partial charge in [0.25, 0.3) is 5.91 Å². The van der Waals surface area contributed by atoms with Crippen LogP contribution in [-0.2, 0) is 32.3 Å². The van der Waals surface area contributed by atoms with E-state index in [0.29, 0.717) is 42.7 Å². The van der Waals surface area contributed by atoms with E-state index in [-0.39, 0.29) is 29.2 Å². The summed E-state index contributed by atoms with van der Waals surface area (Å²) in [7, 11) is -2.13. The lowest BCUT2D eigenvalue weighted by Crippen LogP contribution is -2.49. The standard InChI is InChI=1S/C36H46ClN3O6S/c1-24-20-36(43,34(42)38-47(3,44)45)27-11-15-33-31(19-27)40(21-26-10-13-29(26)32(41)9-5-4-6-17-39(24)2)22-35(23-46-33)16-7-8-25-18-28(37)12-14-30(25)35/h5,9,11-12,14-15,18-19,26,29,32,41,43H,1,4,6-8,10,13,16-17,20-23H2,2-3H3,(H,38,42)/b9-5+/t26-,29+,32-,35-,36-/m0/s1. The summed E-state index contributed by atoms with van der Waals surface area (Å²) in [5.74, 6) is -0.0643. The van der Waals surface area contributed by atoms with Crippen LogP contribution in [0.3, 0.4) is 0 Å². The predicted molar refractivity (Wildman–Crippen MR) is 184 cm³/mol. The number of carbonyl (C=O) groups excluding carboxylic acids is 1. The highest BCUT2D eigenvalue weighted by Gasteiger charge is 2.46. The molecule has 2 aromatic rings. The number of nitrogens with one attached hydrogen (secondary N) is 1. The molecular weight excluding hydrogens is 638 g/mol. The zero-order valence-electron chi connectivity index (χ0n) is 27.3. The minimum absolute atomic E-state index is 0.117. The minimum Gasteiger partial charge on any atom is -0.490 e. The lowest BCUT2D eigenvalue weighted by molar-refractivity contribution is -0.139. The molecule has 0 aromatic heterocycles. The number of fused-ring (bicyclic) bond motifs is 4. The number of hydrogen-bond donors (Lipinski definition) is 3. The zero-order chi connectivity index (χ0) is 33.6. The molecule has 2 aliphatic heterocycles. The smallest absolute Gasteiger partial charge is 0.270 e. The molecule has 4 aliphatic rings. The van der Waals surface area contributed by atoms with Gasteiger partial charge >= 0.3 is 0 Å². The molecule has 5 atom stereocenters. The van der Waals surface area contributed by atoms with Gasteiger partial charge in [0.2, 0.25) is 10.0 Å². The van der Waals surface area contributed by atoms with Crippen LogP contribution in [-0.4, -0.2) is 75.1 Å². The summed E-state index contributed by atoms with van der Waals surface area (Å²) >= 11 is 6.43. The predicted octanol–water partition coefficient (Wildman–Crippen LogP) is 4.65. The number of aliphatic hydroxyl groups excluding tert-OH is 1. The van der Waals surface area contributed by atoms with Gasteiger partial charge in [0.05, 0.1) is 24.7 Å². The molecule has 0 saturated heterocycles. The van der Waals surface area contributed by atoms with E-state index in [4.69, 9.17) is 16.3 Å². The van der Waals surface area contributed by atoms with Crippen molar-refractivity contribution in [2.45, 2.75) is 68.5 Å². The Morgan fingerprint density at radius 1 is 1.17 bits per heavy atom. The highest BCUT2D eigenvalue weighted by atomic mass is 35.5. The number of benzene rings is 2. The number of halogens is 1. The Hall–Kier alpha value is -3.05. The Bertz CT molecular complexity index is 1680. The number of nitrogens with zero attached hydrogens (tertiary/aromatic N) is 2. The van der Waals surface area contributed by atoms with Gasteiger partial charge in [-0.3, -0.25) is 9.52 Å². The van der Waals surface area contributed by atoms with E-state index >= 15 is 0 Å². The molecule has 3 N–H and O–H groups in total. The van der Waals surface area contributed by atoms with Crippen molar-refractivity contribution < 1.29 is 28.2 Å². The van der Waals surface area contributed by atoms with Gasteiger partial charge in [0, 0.05) is 49.2 Å². The van der Waals surface area contributed by atoms with Crippen LogP contribution in [0.5, 0.6) is 5.75 Å². The molecule has 0 radical (unpaired) electrons. The first-order chi connectivity index (χ1) is 22.3. The maximum Gasteiger partial charge on any atom is 0.270 e. The van der Waals surface area contributed by atoms with Crippen LogP contribution in [0.4, 0.5) is 5.69 Å². The third kappa shape index (κ3) is 6.93. The van der Waals surface area contributed by atoms with Gasteiger partial charge in [-0.1, -0.05) is 42.5 Å². The van der Waals surface area contributed by atoms with Crippen molar-refractivity contribution in [1.29, 1.82) is 0 Å². The molecule has 47 heavy (non-hydrogen) atoms. The first-order valence-corrected chi connectivity index (χ1v) is 18.8. The third-order valence-corrected chi connectivity index (χ3v) is 11.5. The summed E-state index contributed by atoms with van der Waals surface area (Å²) in [6, 6.07) is 11.3. The number of ether oxygens (including phenoxy) is 1. The summed E-state index contributed by atoms with van der Waals surface area (Å²) in [5, 5.41) is 24.1. The molecule has 0 unspecified atom stereocenters. The molecule has 2 aromatic carbocycles.